The Kier molecular flexibility index (Phi) is 8.12. The second kappa shape index (κ2) is 11.6. The second-order valence-corrected chi connectivity index (χ2v) is 8.78. The number of thioether (sulfide) groups is 1. The number of aromatic nitrogens is 3. The van der Waals surface area contributed by atoms with Crippen molar-refractivity contribution in [2.24, 2.45) is 0 Å². The number of hydrogen-bond donors (Lipinski definition) is 0. The van der Waals surface area contributed by atoms with Gasteiger partial charge in [0.2, 0.25) is 5.91 Å². The maximum absolute atomic E-state index is 13.3. The van der Waals surface area contributed by atoms with E-state index < -0.39 is 0 Å². The molecule has 1 heterocycles. The van der Waals surface area contributed by atoms with Crippen LogP contribution in [0.3, 0.4) is 0 Å². The van der Waals surface area contributed by atoms with Crippen LogP contribution in [0.1, 0.15) is 17.2 Å². The molecule has 0 spiro atoms. The van der Waals surface area contributed by atoms with E-state index in [9.17, 15) is 4.79 Å². The van der Waals surface area contributed by atoms with E-state index in [2.05, 4.69) is 34.5 Å². The smallest absolute Gasteiger partial charge is 0.233 e. The Hall–Kier alpha value is -3.42. The van der Waals surface area contributed by atoms with Crippen LogP contribution in [0.15, 0.2) is 96.2 Å². The van der Waals surface area contributed by atoms with Crippen LogP contribution >= 0.6 is 11.8 Å². The molecular formula is C27H28N4O2S. The topological polar surface area (TPSA) is 60.2 Å². The molecule has 0 aliphatic carbocycles. The Labute approximate surface area is 204 Å². The first-order valence-corrected chi connectivity index (χ1v) is 12.1. The molecule has 3 aromatic carbocycles. The van der Waals surface area contributed by atoms with Crippen LogP contribution in [0.5, 0.6) is 0 Å². The number of benzene rings is 3. The van der Waals surface area contributed by atoms with Crippen molar-refractivity contribution in [1.29, 1.82) is 0 Å². The predicted molar refractivity (Wildman–Crippen MR) is 136 cm³/mol. The van der Waals surface area contributed by atoms with Gasteiger partial charge in [-0.25, -0.2) is 0 Å². The van der Waals surface area contributed by atoms with Crippen LogP contribution in [0.2, 0.25) is 0 Å². The van der Waals surface area contributed by atoms with E-state index in [0.717, 1.165) is 22.5 Å². The molecular weight excluding hydrogens is 444 g/mol. The lowest BCUT2D eigenvalue weighted by Gasteiger charge is -2.29. The summed E-state index contributed by atoms with van der Waals surface area (Å²) in [4.78, 5) is 15.1. The molecule has 0 radical (unpaired) electrons. The summed E-state index contributed by atoms with van der Waals surface area (Å²) in [5, 5.41) is 9.49. The van der Waals surface area contributed by atoms with Crippen molar-refractivity contribution < 1.29 is 9.53 Å². The normalized spacial score (nSPS) is 11.0. The highest BCUT2D eigenvalue weighted by Gasteiger charge is 2.24. The van der Waals surface area contributed by atoms with Crippen LogP contribution in [0.4, 0.5) is 0 Å². The molecule has 4 rings (SSSR count). The largest absolute Gasteiger partial charge is 0.383 e. The van der Waals surface area contributed by atoms with Gasteiger partial charge in [0.15, 0.2) is 11.0 Å². The van der Waals surface area contributed by atoms with Gasteiger partial charge in [-0.2, -0.15) is 0 Å². The average molecular weight is 473 g/mol. The van der Waals surface area contributed by atoms with Gasteiger partial charge in [0, 0.05) is 19.7 Å². The van der Waals surface area contributed by atoms with E-state index in [1.807, 2.05) is 83.2 Å². The van der Waals surface area contributed by atoms with Crippen molar-refractivity contribution >= 4 is 17.7 Å². The molecule has 0 N–H and O–H groups in total. The molecule has 0 saturated carbocycles. The molecule has 0 bridgehead atoms. The fourth-order valence-corrected chi connectivity index (χ4v) is 4.75. The van der Waals surface area contributed by atoms with Crippen molar-refractivity contribution in [2.45, 2.75) is 17.7 Å². The summed E-state index contributed by atoms with van der Waals surface area (Å²) in [5.41, 5.74) is 3.13. The number of ether oxygens (including phenoxy) is 1. The Balaban J connectivity index is 1.54. The standard InChI is InChI=1S/C27H28N4O2S/c1-30(25(21-12-6-3-7-13-21)22-14-8-4-9-15-22)24(32)20-34-27-29-28-26(31(27)18-19-33-2)23-16-10-5-11-17-23/h3-17,25H,18-20H2,1-2H3. The number of amides is 1. The zero-order valence-corrected chi connectivity index (χ0v) is 20.2. The van der Waals surface area contributed by atoms with Gasteiger partial charge in [0.05, 0.1) is 24.9 Å². The van der Waals surface area contributed by atoms with Gasteiger partial charge in [0.1, 0.15) is 0 Å². The summed E-state index contributed by atoms with van der Waals surface area (Å²) in [6.07, 6.45) is 0. The van der Waals surface area contributed by atoms with E-state index in [1.165, 1.54) is 11.8 Å². The van der Waals surface area contributed by atoms with Gasteiger partial charge in [-0.05, 0) is 11.1 Å². The summed E-state index contributed by atoms with van der Waals surface area (Å²) in [7, 11) is 3.53. The molecule has 0 aliphatic heterocycles. The Bertz CT molecular complexity index is 1140. The van der Waals surface area contributed by atoms with Gasteiger partial charge >= 0.3 is 0 Å². The van der Waals surface area contributed by atoms with Crippen LogP contribution < -0.4 is 0 Å². The van der Waals surface area contributed by atoms with Gasteiger partial charge in [-0.15, -0.1) is 10.2 Å². The third kappa shape index (κ3) is 5.55. The SMILES string of the molecule is COCCn1c(SCC(=O)N(C)C(c2ccccc2)c2ccccc2)nnc1-c1ccccc1. The lowest BCUT2D eigenvalue weighted by Crippen LogP contribution is -2.33. The maximum atomic E-state index is 13.3. The van der Waals surface area contributed by atoms with Crippen molar-refractivity contribution in [1.82, 2.24) is 19.7 Å². The molecule has 1 aromatic heterocycles. The van der Waals surface area contributed by atoms with Gasteiger partial charge in [-0.3, -0.25) is 9.36 Å². The molecule has 0 atom stereocenters. The molecule has 7 heteroatoms. The highest BCUT2D eigenvalue weighted by atomic mass is 32.2. The number of rotatable bonds is 10. The second-order valence-electron chi connectivity index (χ2n) is 7.83. The maximum Gasteiger partial charge on any atom is 0.233 e. The number of hydrogen-bond acceptors (Lipinski definition) is 5. The first kappa shape index (κ1) is 23.7. The molecule has 0 aliphatic rings. The summed E-state index contributed by atoms with van der Waals surface area (Å²) < 4.78 is 7.31. The van der Waals surface area contributed by atoms with E-state index in [0.29, 0.717) is 18.3 Å². The summed E-state index contributed by atoms with van der Waals surface area (Å²) in [5.74, 6) is 1.05. The number of nitrogens with zero attached hydrogens (tertiary/aromatic N) is 4. The highest BCUT2D eigenvalue weighted by Crippen LogP contribution is 2.29. The number of carbonyl (C=O) groups excluding carboxylic acids is 1. The quantitative estimate of drug-likeness (QED) is 0.306. The van der Waals surface area contributed by atoms with Crippen LogP contribution in [-0.2, 0) is 16.1 Å². The minimum atomic E-state index is -0.165. The van der Waals surface area contributed by atoms with E-state index in [4.69, 9.17) is 4.74 Å². The molecule has 174 valence electrons. The van der Waals surface area contributed by atoms with E-state index in [1.54, 1.807) is 7.11 Å². The molecule has 0 saturated heterocycles. The van der Waals surface area contributed by atoms with Gasteiger partial charge in [0.25, 0.3) is 0 Å². The molecule has 34 heavy (non-hydrogen) atoms. The monoisotopic (exact) mass is 472 g/mol. The van der Waals surface area contributed by atoms with E-state index >= 15 is 0 Å². The zero-order valence-electron chi connectivity index (χ0n) is 19.4. The van der Waals surface area contributed by atoms with Crippen LogP contribution in [-0.4, -0.2) is 52.1 Å². The van der Waals surface area contributed by atoms with Crippen LogP contribution in [0.25, 0.3) is 11.4 Å². The molecule has 1 amide bonds. The molecule has 4 aromatic rings. The third-order valence-electron chi connectivity index (χ3n) is 5.60. The first-order chi connectivity index (χ1) is 16.7. The van der Waals surface area contributed by atoms with Crippen molar-refractivity contribution in [3.63, 3.8) is 0 Å². The van der Waals surface area contributed by atoms with Crippen molar-refractivity contribution in [3.05, 3.63) is 102 Å². The minimum Gasteiger partial charge on any atom is -0.383 e. The Morgan fingerprint density at radius 2 is 1.47 bits per heavy atom. The number of methoxy groups -OCH3 is 1. The highest BCUT2D eigenvalue weighted by molar-refractivity contribution is 7.99. The lowest BCUT2D eigenvalue weighted by molar-refractivity contribution is -0.128. The van der Waals surface area contributed by atoms with E-state index in [-0.39, 0.29) is 17.7 Å². The minimum absolute atomic E-state index is 0.0188. The first-order valence-electron chi connectivity index (χ1n) is 11.1. The van der Waals surface area contributed by atoms with Gasteiger partial charge in [-0.1, -0.05) is 103 Å². The summed E-state index contributed by atoms with van der Waals surface area (Å²) in [6, 6.07) is 30.0. The number of carbonyl (C=O) groups is 1. The Morgan fingerprint density at radius 1 is 0.912 bits per heavy atom. The predicted octanol–water partition coefficient (Wildman–Crippen LogP) is 4.93. The fraction of sp³-hybridized carbons (Fsp3) is 0.222. The van der Waals surface area contributed by atoms with Crippen LogP contribution in [0, 0.1) is 0 Å². The lowest BCUT2D eigenvalue weighted by atomic mass is 9.97. The molecule has 6 nitrogen and oxygen atoms in total. The van der Waals surface area contributed by atoms with Crippen molar-refractivity contribution in [2.75, 3.05) is 26.5 Å². The zero-order chi connectivity index (χ0) is 23.8. The molecule has 0 fully saturated rings. The fourth-order valence-electron chi connectivity index (χ4n) is 3.86. The molecule has 0 unspecified atom stereocenters. The van der Waals surface area contributed by atoms with Gasteiger partial charge < -0.3 is 9.64 Å². The summed E-state index contributed by atoms with van der Waals surface area (Å²) in [6.45, 7) is 1.14. The Morgan fingerprint density at radius 3 is 2.03 bits per heavy atom. The summed E-state index contributed by atoms with van der Waals surface area (Å²) >= 11 is 1.40. The average Bonchev–Trinajstić information content (AvgIpc) is 3.30. The third-order valence-corrected chi connectivity index (χ3v) is 6.56. The van der Waals surface area contributed by atoms with Crippen molar-refractivity contribution in [3.8, 4) is 11.4 Å².